The lowest BCUT2D eigenvalue weighted by atomic mass is 9.79. The molecule has 0 aromatic carbocycles. The Morgan fingerprint density at radius 1 is 1.15 bits per heavy atom. The van der Waals surface area contributed by atoms with Crippen molar-refractivity contribution in [2.75, 3.05) is 45.9 Å². The number of nitrogens with one attached hydrogen (secondary N) is 1. The van der Waals surface area contributed by atoms with Gasteiger partial charge in [-0.05, 0) is 57.5 Å². The Hall–Kier alpha value is -0.160. The van der Waals surface area contributed by atoms with Crippen molar-refractivity contribution in [1.82, 2.24) is 10.2 Å². The Morgan fingerprint density at radius 2 is 1.90 bits per heavy atom. The van der Waals surface area contributed by atoms with Crippen molar-refractivity contribution < 1.29 is 9.84 Å². The molecule has 0 bridgehead atoms. The third-order valence-corrected chi connectivity index (χ3v) is 5.02. The standard InChI is InChI=1S/C16H32N2O2/c1-3-17-13-16(7-11-20-12-8-16)14-18-9-4-5-15(2,19)6-10-18/h17,19H,3-14H2,1-2H3. The van der Waals surface area contributed by atoms with E-state index in [0.29, 0.717) is 5.41 Å². The molecule has 2 rings (SSSR count). The Morgan fingerprint density at radius 3 is 2.60 bits per heavy atom. The second-order valence-corrected chi connectivity index (χ2v) is 7.02. The van der Waals surface area contributed by atoms with E-state index in [4.69, 9.17) is 4.74 Å². The molecule has 2 heterocycles. The largest absolute Gasteiger partial charge is 0.390 e. The van der Waals surface area contributed by atoms with Gasteiger partial charge in [0.1, 0.15) is 0 Å². The maximum Gasteiger partial charge on any atom is 0.0632 e. The Bertz CT molecular complexity index is 288. The first-order valence-corrected chi connectivity index (χ1v) is 8.29. The minimum absolute atomic E-state index is 0.366. The molecule has 0 amide bonds. The van der Waals surface area contributed by atoms with E-state index in [1.807, 2.05) is 6.92 Å². The van der Waals surface area contributed by atoms with Crippen LogP contribution in [0.15, 0.2) is 0 Å². The highest BCUT2D eigenvalue weighted by atomic mass is 16.5. The van der Waals surface area contributed by atoms with Crippen molar-refractivity contribution in [3.8, 4) is 0 Å². The second-order valence-electron chi connectivity index (χ2n) is 7.02. The van der Waals surface area contributed by atoms with Crippen LogP contribution in [0.25, 0.3) is 0 Å². The van der Waals surface area contributed by atoms with Gasteiger partial charge in [0, 0.05) is 32.8 Å². The molecule has 1 unspecified atom stereocenters. The predicted octanol–water partition coefficient (Wildman–Crippen LogP) is 1.63. The third kappa shape index (κ3) is 4.69. The van der Waals surface area contributed by atoms with Crippen LogP contribution in [-0.4, -0.2) is 61.5 Å². The quantitative estimate of drug-likeness (QED) is 0.805. The molecule has 118 valence electrons. The molecule has 20 heavy (non-hydrogen) atoms. The monoisotopic (exact) mass is 284 g/mol. The lowest BCUT2D eigenvalue weighted by Gasteiger charge is -2.41. The molecule has 0 saturated carbocycles. The van der Waals surface area contributed by atoms with Gasteiger partial charge in [0.2, 0.25) is 0 Å². The smallest absolute Gasteiger partial charge is 0.0632 e. The maximum absolute atomic E-state index is 10.2. The summed E-state index contributed by atoms with van der Waals surface area (Å²) in [6.45, 7) is 11.4. The molecule has 0 aromatic rings. The van der Waals surface area contributed by atoms with E-state index in [-0.39, 0.29) is 0 Å². The third-order valence-electron chi connectivity index (χ3n) is 5.02. The molecule has 0 aromatic heterocycles. The lowest BCUT2D eigenvalue weighted by Crippen LogP contribution is -2.47. The first-order chi connectivity index (χ1) is 9.55. The van der Waals surface area contributed by atoms with Crippen LogP contribution in [0, 0.1) is 5.41 Å². The zero-order valence-corrected chi connectivity index (χ0v) is 13.3. The summed E-state index contributed by atoms with van der Waals surface area (Å²) in [5, 5.41) is 13.8. The van der Waals surface area contributed by atoms with E-state index >= 15 is 0 Å². The van der Waals surface area contributed by atoms with Crippen LogP contribution in [0.5, 0.6) is 0 Å². The van der Waals surface area contributed by atoms with Crippen molar-refractivity contribution in [3.63, 3.8) is 0 Å². The van der Waals surface area contributed by atoms with Gasteiger partial charge in [0.05, 0.1) is 5.60 Å². The number of hydrogen-bond acceptors (Lipinski definition) is 4. The van der Waals surface area contributed by atoms with E-state index in [0.717, 1.165) is 78.0 Å². The molecule has 1 atom stereocenters. The molecule has 2 N–H and O–H groups in total. The normalized spacial score (nSPS) is 31.9. The number of hydrogen-bond donors (Lipinski definition) is 2. The first kappa shape index (κ1) is 16.2. The average Bonchev–Trinajstić information content (AvgIpc) is 2.59. The molecule has 2 fully saturated rings. The zero-order chi connectivity index (χ0) is 14.5. The van der Waals surface area contributed by atoms with Gasteiger partial charge in [-0.2, -0.15) is 0 Å². The van der Waals surface area contributed by atoms with Crippen molar-refractivity contribution in [3.05, 3.63) is 0 Å². The van der Waals surface area contributed by atoms with Gasteiger partial charge in [-0.3, -0.25) is 0 Å². The van der Waals surface area contributed by atoms with Crippen LogP contribution >= 0.6 is 0 Å². The van der Waals surface area contributed by atoms with Crippen molar-refractivity contribution >= 4 is 0 Å². The summed E-state index contributed by atoms with van der Waals surface area (Å²) < 4.78 is 5.57. The van der Waals surface area contributed by atoms with E-state index in [1.165, 1.54) is 0 Å². The molecule has 4 nitrogen and oxygen atoms in total. The molecule has 2 saturated heterocycles. The maximum atomic E-state index is 10.2. The van der Waals surface area contributed by atoms with Gasteiger partial charge < -0.3 is 20.1 Å². The second kappa shape index (κ2) is 7.21. The molecule has 4 heteroatoms. The van der Waals surface area contributed by atoms with Crippen LogP contribution in [0.4, 0.5) is 0 Å². The number of rotatable bonds is 5. The molecule has 0 radical (unpaired) electrons. The summed E-state index contributed by atoms with van der Waals surface area (Å²) in [5.74, 6) is 0. The van der Waals surface area contributed by atoms with Crippen molar-refractivity contribution in [2.24, 2.45) is 5.41 Å². The molecule has 2 aliphatic rings. The Balaban J connectivity index is 1.93. The predicted molar refractivity (Wildman–Crippen MR) is 81.9 cm³/mol. The van der Waals surface area contributed by atoms with Gasteiger partial charge in [-0.25, -0.2) is 0 Å². The molecular formula is C16H32N2O2. The van der Waals surface area contributed by atoms with Crippen LogP contribution < -0.4 is 5.32 Å². The number of aliphatic hydroxyl groups is 1. The topological polar surface area (TPSA) is 44.7 Å². The first-order valence-electron chi connectivity index (χ1n) is 8.29. The molecule has 0 spiro atoms. The van der Waals surface area contributed by atoms with Crippen molar-refractivity contribution in [2.45, 2.75) is 51.6 Å². The Labute approximate surface area is 123 Å². The average molecular weight is 284 g/mol. The number of nitrogens with zero attached hydrogens (tertiary/aromatic N) is 1. The number of likely N-dealkylation sites (tertiary alicyclic amines) is 1. The van der Waals surface area contributed by atoms with Gasteiger partial charge in [0.25, 0.3) is 0 Å². The van der Waals surface area contributed by atoms with Gasteiger partial charge in [-0.1, -0.05) is 6.92 Å². The molecule has 0 aliphatic carbocycles. The fourth-order valence-electron chi connectivity index (χ4n) is 3.54. The number of ether oxygens (including phenoxy) is 1. The summed E-state index contributed by atoms with van der Waals surface area (Å²) in [6.07, 6.45) is 5.27. The summed E-state index contributed by atoms with van der Waals surface area (Å²) in [5.41, 5.74) is -0.0935. The van der Waals surface area contributed by atoms with Crippen LogP contribution in [0.2, 0.25) is 0 Å². The fourth-order valence-corrected chi connectivity index (χ4v) is 3.54. The van der Waals surface area contributed by atoms with E-state index in [1.54, 1.807) is 0 Å². The van der Waals surface area contributed by atoms with Gasteiger partial charge in [-0.15, -0.1) is 0 Å². The summed E-state index contributed by atoms with van der Waals surface area (Å²) in [7, 11) is 0. The lowest BCUT2D eigenvalue weighted by molar-refractivity contribution is -0.00589. The Kier molecular flexibility index (Phi) is 5.84. The van der Waals surface area contributed by atoms with Gasteiger partial charge >= 0.3 is 0 Å². The summed E-state index contributed by atoms with van der Waals surface area (Å²) in [6, 6.07) is 0. The SMILES string of the molecule is CCNCC1(CN2CCCC(C)(O)CC2)CCOCC1. The zero-order valence-electron chi connectivity index (χ0n) is 13.3. The van der Waals surface area contributed by atoms with Crippen LogP contribution in [0.1, 0.15) is 46.0 Å². The minimum Gasteiger partial charge on any atom is -0.390 e. The minimum atomic E-state index is -0.459. The summed E-state index contributed by atoms with van der Waals surface area (Å²) >= 11 is 0. The summed E-state index contributed by atoms with van der Waals surface area (Å²) in [4.78, 5) is 2.57. The van der Waals surface area contributed by atoms with Gasteiger partial charge in [0.15, 0.2) is 0 Å². The van der Waals surface area contributed by atoms with E-state index in [2.05, 4.69) is 17.1 Å². The highest BCUT2D eigenvalue weighted by molar-refractivity contribution is 4.89. The van der Waals surface area contributed by atoms with Crippen molar-refractivity contribution in [1.29, 1.82) is 0 Å². The highest BCUT2D eigenvalue weighted by Gasteiger charge is 2.35. The molecular weight excluding hydrogens is 252 g/mol. The van der Waals surface area contributed by atoms with E-state index < -0.39 is 5.60 Å². The molecule has 2 aliphatic heterocycles. The fraction of sp³-hybridized carbons (Fsp3) is 1.00. The van der Waals surface area contributed by atoms with Crippen LogP contribution in [-0.2, 0) is 4.74 Å². The van der Waals surface area contributed by atoms with E-state index in [9.17, 15) is 5.11 Å². The van der Waals surface area contributed by atoms with Crippen LogP contribution in [0.3, 0.4) is 0 Å². The highest BCUT2D eigenvalue weighted by Crippen LogP contribution is 2.32.